The summed E-state index contributed by atoms with van der Waals surface area (Å²) in [5.74, 6) is 1.03. The van der Waals surface area contributed by atoms with Crippen LogP contribution in [-0.4, -0.2) is 6.61 Å². The molecule has 0 amide bonds. The van der Waals surface area contributed by atoms with Crippen LogP contribution in [0.15, 0.2) is 18.2 Å². The van der Waals surface area contributed by atoms with E-state index in [1.807, 2.05) is 23.5 Å². The van der Waals surface area contributed by atoms with Crippen LogP contribution < -0.4 is 10.1 Å². The van der Waals surface area contributed by atoms with E-state index in [-0.39, 0.29) is 0 Å². The third-order valence-corrected chi connectivity index (χ3v) is 5.03. The van der Waals surface area contributed by atoms with Crippen molar-refractivity contribution in [2.24, 2.45) is 0 Å². The van der Waals surface area contributed by atoms with Crippen LogP contribution in [0.3, 0.4) is 0 Å². The number of ether oxygens (including phenoxy) is 1. The highest BCUT2D eigenvalue weighted by Crippen LogP contribution is 2.32. The molecule has 3 rings (SSSR count). The van der Waals surface area contributed by atoms with Crippen molar-refractivity contribution >= 4 is 22.9 Å². The maximum Gasteiger partial charge on any atom is 0.127 e. The summed E-state index contributed by atoms with van der Waals surface area (Å²) >= 11 is 8.03. The van der Waals surface area contributed by atoms with Gasteiger partial charge in [0.15, 0.2) is 0 Å². The highest BCUT2D eigenvalue weighted by molar-refractivity contribution is 7.12. The number of nitrogens with one attached hydrogen (secondary N) is 1. The third kappa shape index (κ3) is 2.85. The van der Waals surface area contributed by atoms with Crippen LogP contribution in [0.1, 0.15) is 26.4 Å². The first-order valence-corrected chi connectivity index (χ1v) is 8.03. The molecule has 1 N–H and O–H groups in total. The Morgan fingerprint density at radius 3 is 2.85 bits per heavy atom. The van der Waals surface area contributed by atoms with Gasteiger partial charge in [-0.2, -0.15) is 0 Å². The standard InChI is InChI=1S/C16H18ClNOS/c1-10-5-15(20-11(10)2)9-18-8-13-7-14(17)6-12-3-4-19-16(12)13/h5-7,18H,3-4,8-9H2,1-2H3. The monoisotopic (exact) mass is 307 g/mol. The smallest absolute Gasteiger partial charge is 0.127 e. The van der Waals surface area contributed by atoms with E-state index < -0.39 is 0 Å². The van der Waals surface area contributed by atoms with E-state index in [0.29, 0.717) is 0 Å². The number of aryl methyl sites for hydroxylation is 2. The summed E-state index contributed by atoms with van der Waals surface area (Å²) in [6, 6.07) is 6.27. The summed E-state index contributed by atoms with van der Waals surface area (Å²) in [7, 11) is 0. The fraction of sp³-hybridized carbons (Fsp3) is 0.375. The maximum atomic E-state index is 6.17. The summed E-state index contributed by atoms with van der Waals surface area (Å²) in [5, 5.41) is 4.29. The van der Waals surface area contributed by atoms with E-state index in [1.54, 1.807) is 0 Å². The molecule has 2 nitrogen and oxygen atoms in total. The minimum Gasteiger partial charge on any atom is -0.493 e. The lowest BCUT2D eigenvalue weighted by Gasteiger charge is -2.09. The second-order valence-electron chi connectivity index (χ2n) is 5.21. The minimum atomic E-state index is 0.770. The van der Waals surface area contributed by atoms with Crippen LogP contribution >= 0.6 is 22.9 Å². The zero-order valence-electron chi connectivity index (χ0n) is 11.8. The van der Waals surface area contributed by atoms with Crippen molar-refractivity contribution in [1.29, 1.82) is 0 Å². The molecule has 1 aromatic carbocycles. The van der Waals surface area contributed by atoms with Crippen molar-refractivity contribution in [2.45, 2.75) is 33.4 Å². The van der Waals surface area contributed by atoms with Gasteiger partial charge in [-0.3, -0.25) is 0 Å². The zero-order valence-corrected chi connectivity index (χ0v) is 13.3. The van der Waals surface area contributed by atoms with E-state index in [2.05, 4.69) is 25.2 Å². The van der Waals surface area contributed by atoms with Gasteiger partial charge in [0.25, 0.3) is 0 Å². The molecule has 1 aliphatic heterocycles. The van der Waals surface area contributed by atoms with Crippen molar-refractivity contribution in [3.8, 4) is 5.75 Å². The molecule has 0 radical (unpaired) electrons. The molecule has 2 heterocycles. The molecule has 2 aromatic rings. The van der Waals surface area contributed by atoms with Crippen molar-refractivity contribution in [3.05, 3.63) is 49.7 Å². The first-order valence-electron chi connectivity index (χ1n) is 6.84. The molecule has 106 valence electrons. The van der Waals surface area contributed by atoms with Gasteiger partial charge in [0.2, 0.25) is 0 Å². The summed E-state index contributed by atoms with van der Waals surface area (Å²) in [6.45, 7) is 6.78. The number of rotatable bonds is 4. The van der Waals surface area contributed by atoms with E-state index in [9.17, 15) is 0 Å². The Morgan fingerprint density at radius 1 is 1.25 bits per heavy atom. The summed E-state index contributed by atoms with van der Waals surface area (Å²) in [4.78, 5) is 2.77. The molecular weight excluding hydrogens is 290 g/mol. The van der Waals surface area contributed by atoms with Crippen molar-refractivity contribution in [3.63, 3.8) is 0 Å². The molecule has 0 unspecified atom stereocenters. The van der Waals surface area contributed by atoms with Gasteiger partial charge >= 0.3 is 0 Å². The number of hydrogen-bond acceptors (Lipinski definition) is 3. The maximum absolute atomic E-state index is 6.17. The van der Waals surface area contributed by atoms with Gasteiger partial charge in [0.1, 0.15) is 5.75 Å². The largest absolute Gasteiger partial charge is 0.493 e. The summed E-state index contributed by atoms with van der Waals surface area (Å²) in [5.41, 5.74) is 3.77. The molecule has 0 saturated carbocycles. The van der Waals surface area contributed by atoms with Crippen LogP contribution in [0, 0.1) is 13.8 Å². The molecule has 0 saturated heterocycles. The first kappa shape index (κ1) is 13.9. The molecule has 4 heteroatoms. The van der Waals surface area contributed by atoms with Gasteiger partial charge in [0.05, 0.1) is 6.61 Å². The minimum absolute atomic E-state index is 0.770. The summed E-state index contributed by atoms with van der Waals surface area (Å²) < 4.78 is 5.71. The SMILES string of the molecule is Cc1cc(CNCc2cc(Cl)cc3c2OCC3)sc1C. The lowest BCUT2D eigenvalue weighted by atomic mass is 10.1. The molecular formula is C16H18ClNOS. The van der Waals surface area contributed by atoms with Crippen LogP contribution in [0.2, 0.25) is 5.02 Å². The quantitative estimate of drug-likeness (QED) is 0.912. The van der Waals surface area contributed by atoms with E-state index in [0.717, 1.165) is 42.5 Å². The zero-order chi connectivity index (χ0) is 14.1. The number of hydrogen-bond donors (Lipinski definition) is 1. The molecule has 0 fully saturated rings. The van der Waals surface area contributed by atoms with Gasteiger partial charge in [-0.15, -0.1) is 11.3 Å². The number of benzene rings is 1. The first-order chi connectivity index (χ1) is 9.63. The average molecular weight is 308 g/mol. The lowest BCUT2D eigenvalue weighted by molar-refractivity contribution is 0.352. The Morgan fingerprint density at radius 2 is 2.10 bits per heavy atom. The average Bonchev–Trinajstić information content (AvgIpc) is 2.97. The summed E-state index contributed by atoms with van der Waals surface area (Å²) in [6.07, 6.45) is 0.964. The molecule has 20 heavy (non-hydrogen) atoms. The van der Waals surface area contributed by atoms with Gasteiger partial charge in [-0.1, -0.05) is 11.6 Å². The van der Waals surface area contributed by atoms with Crippen molar-refractivity contribution in [1.82, 2.24) is 5.32 Å². The second kappa shape index (κ2) is 5.76. The van der Waals surface area contributed by atoms with Crippen LogP contribution in [0.5, 0.6) is 5.75 Å². The number of fused-ring (bicyclic) bond motifs is 1. The fourth-order valence-electron chi connectivity index (χ4n) is 2.53. The van der Waals surface area contributed by atoms with Crippen LogP contribution in [0.4, 0.5) is 0 Å². The Kier molecular flexibility index (Phi) is 4.01. The Hall–Kier alpha value is -1.03. The second-order valence-corrected chi connectivity index (χ2v) is 6.98. The van der Waals surface area contributed by atoms with Gasteiger partial charge in [-0.25, -0.2) is 0 Å². The highest BCUT2D eigenvalue weighted by atomic mass is 35.5. The molecule has 0 aliphatic carbocycles. The Labute approximate surface area is 128 Å². The third-order valence-electron chi connectivity index (χ3n) is 3.66. The predicted octanol–water partition coefficient (Wildman–Crippen LogP) is 4.24. The van der Waals surface area contributed by atoms with E-state index >= 15 is 0 Å². The number of halogens is 1. The molecule has 0 bridgehead atoms. The lowest BCUT2D eigenvalue weighted by Crippen LogP contribution is -2.12. The van der Waals surface area contributed by atoms with E-state index in [4.69, 9.17) is 16.3 Å². The normalized spacial score (nSPS) is 13.3. The van der Waals surface area contributed by atoms with Gasteiger partial charge in [-0.05, 0) is 43.2 Å². The molecule has 1 aliphatic rings. The Balaban J connectivity index is 1.67. The van der Waals surface area contributed by atoms with Gasteiger partial charge < -0.3 is 10.1 Å². The highest BCUT2D eigenvalue weighted by Gasteiger charge is 2.17. The van der Waals surface area contributed by atoms with Gasteiger partial charge in [0, 0.05) is 39.9 Å². The molecule has 0 spiro atoms. The van der Waals surface area contributed by atoms with Crippen LogP contribution in [0.25, 0.3) is 0 Å². The van der Waals surface area contributed by atoms with E-state index in [1.165, 1.54) is 20.9 Å². The van der Waals surface area contributed by atoms with Crippen molar-refractivity contribution < 1.29 is 4.74 Å². The molecule has 1 aromatic heterocycles. The van der Waals surface area contributed by atoms with Crippen molar-refractivity contribution in [2.75, 3.05) is 6.61 Å². The van der Waals surface area contributed by atoms with Crippen LogP contribution in [-0.2, 0) is 19.5 Å². The topological polar surface area (TPSA) is 21.3 Å². The Bertz CT molecular complexity index is 616. The predicted molar refractivity (Wildman–Crippen MR) is 85.0 cm³/mol. The fourth-order valence-corrected chi connectivity index (χ4v) is 3.82. The molecule has 0 atom stereocenters. The number of thiophene rings is 1.